The largest absolute Gasteiger partial charge is 0.300 e. The molecule has 0 heterocycles. The third kappa shape index (κ3) is 1.81. The summed E-state index contributed by atoms with van der Waals surface area (Å²) in [6, 6.07) is 0. The van der Waals surface area contributed by atoms with Crippen LogP contribution in [0.2, 0.25) is 0 Å². The molecule has 0 amide bonds. The Morgan fingerprint density at radius 2 is 1.61 bits per heavy atom. The molecule has 2 heteroatoms. The molecule has 0 aromatic carbocycles. The molecule has 0 bridgehead atoms. The van der Waals surface area contributed by atoms with E-state index < -0.39 is 0 Å². The minimum Gasteiger partial charge on any atom is -0.300 e. The minimum absolute atomic E-state index is 0.00320. The molecular formula is C21H30O2. The molecular weight excluding hydrogens is 284 g/mol. The minimum atomic E-state index is 0.00320. The SMILES string of the molecule is C[C@]12CCC3[C@@H](CC[C@@H]4CC(=O)CC[C@]34C3CC3)[C@@H]1CCC2=O. The molecule has 5 rings (SSSR count). The summed E-state index contributed by atoms with van der Waals surface area (Å²) < 4.78 is 0. The smallest absolute Gasteiger partial charge is 0.139 e. The summed E-state index contributed by atoms with van der Waals surface area (Å²) in [4.78, 5) is 24.6. The van der Waals surface area contributed by atoms with Crippen molar-refractivity contribution in [2.75, 3.05) is 0 Å². The summed E-state index contributed by atoms with van der Waals surface area (Å²) in [5.41, 5.74) is 0.493. The van der Waals surface area contributed by atoms with Gasteiger partial charge in [-0.15, -0.1) is 0 Å². The number of Topliss-reactive ketones (excluding diaryl/α,β-unsaturated/α-hetero) is 2. The highest BCUT2D eigenvalue weighted by molar-refractivity contribution is 5.87. The maximum atomic E-state index is 12.5. The zero-order chi connectivity index (χ0) is 15.8. The van der Waals surface area contributed by atoms with Gasteiger partial charge < -0.3 is 0 Å². The Hall–Kier alpha value is -0.660. The molecule has 6 atom stereocenters. The fourth-order valence-corrected chi connectivity index (χ4v) is 7.97. The molecule has 0 aromatic rings. The van der Waals surface area contributed by atoms with Crippen molar-refractivity contribution in [1.82, 2.24) is 0 Å². The molecule has 23 heavy (non-hydrogen) atoms. The second-order valence-electron chi connectivity index (χ2n) is 9.70. The van der Waals surface area contributed by atoms with E-state index in [2.05, 4.69) is 6.92 Å². The number of fused-ring (bicyclic) bond motifs is 5. The first kappa shape index (κ1) is 14.7. The second-order valence-corrected chi connectivity index (χ2v) is 9.70. The topological polar surface area (TPSA) is 34.1 Å². The Morgan fingerprint density at radius 1 is 0.826 bits per heavy atom. The fourth-order valence-electron chi connectivity index (χ4n) is 7.97. The van der Waals surface area contributed by atoms with Crippen LogP contribution in [0.3, 0.4) is 0 Å². The number of rotatable bonds is 1. The maximum absolute atomic E-state index is 12.5. The number of hydrogen-bond acceptors (Lipinski definition) is 2. The van der Waals surface area contributed by atoms with E-state index in [9.17, 15) is 9.59 Å². The van der Waals surface area contributed by atoms with Gasteiger partial charge in [0, 0.05) is 24.7 Å². The van der Waals surface area contributed by atoms with Gasteiger partial charge in [-0.25, -0.2) is 0 Å². The summed E-state index contributed by atoms with van der Waals surface area (Å²) >= 11 is 0. The van der Waals surface area contributed by atoms with Gasteiger partial charge in [0.1, 0.15) is 11.6 Å². The Balaban J connectivity index is 1.52. The molecule has 0 aliphatic heterocycles. The van der Waals surface area contributed by atoms with Gasteiger partial charge in [-0.1, -0.05) is 6.92 Å². The van der Waals surface area contributed by atoms with Crippen molar-refractivity contribution in [2.24, 2.45) is 40.4 Å². The first-order valence-corrected chi connectivity index (χ1v) is 10.1. The van der Waals surface area contributed by atoms with Crippen LogP contribution in [0.15, 0.2) is 0 Å². The lowest BCUT2D eigenvalue weighted by molar-refractivity contribution is -0.151. The van der Waals surface area contributed by atoms with E-state index in [1.165, 1.54) is 38.5 Å². The van der Waals surface area contributed by atoms with E-state index in [-0.39, 0.29) is 5.41 Å². The second kappa shape index (κ2) is 4.70. The summed E-state index contributed by atoms with van der Waals surface area (Å²) in [6.45, 7) is 2.28. The van der Waals surface area contributed by atoms with Crippen LogP contribution in [0.4, 0.5) is 0 Å². The fraction of sp³-hybridized carbons (Fsp3) is 0.905. The van der Waals surface area contributed by atoms with E-state index in [0.29, 0.717) is 28.8 Å². The Morgan fingerprint density at radius 3 is 2.39 bits per heavy atom. The predicted molar refractivity (Wildman–Crippen MR) is 88.8 cm³/mol. The van der Waals surface area contributed by atoms with Crippen LogP contribution >= 0.6 is 0 Å². The lowest BCUT2D eigenvalue weighted by atomic mass is 9.43. The molecule has 0 spiro atoms. The molecule has 5 fully saturated rings. The Labute approximate surface area is 139 Å². The normalized spacial score (nSPS) is 52.7. The molecule has 2 nitrogen and oxygen atoms in total. The zero-order valence-electron chi connectivity index (χ0n) is 14.5. The zero-order valence-corrected chi connectivity index (χ0v) is 14.5. The van der Waals surface area contributed by atoms with Crippen LogP contribution in [0.5, 0.6) is 0 Å². The van der Waals surface area contributed by atoms with Crippen molar-refractivity contribution in [2.45, 2.75) is 77.6 Å². The number of carbonyl (C=O) groups is 2. The first-order valence-electron chi connectivity index (χ1n) is 10.1. The van der Waals surface area contributed by atoms with Crippen molar-refractivity contribution < 1.29 is 9.59 Å². The van der Waals surface area contributed by atoms with Crippen molar-refractivity contribution in [3.63, 3.8) is 0 Å². The van der Waals surface area contributed by atoms with Gasteiger partial charge in [-0.2, -0.15) is 0 Å². The van der Waals surface area contributed by atoms with E-state index in [4.69, 9.17) is 0 Å². The first-order chi connectivity index (χ1) is 11.1. The Kier molecular flexibility index (Phi) is 3.00. The number of hydrogen-bond donors (Lipinski definition) is 0. The lowest BCUT2D eigenvalue weighted by Gasteiger charge is -2.61. The van der Waals surface area contributed by atoms with Crippen LogP contribution in [-0.2, 0) is 9.59 Å². The average molecular weight is 314 g/mol. The standard InChI is InChI=1S/C21H30O2/c1-20-10-9-18-16(17(20)6-7-19(20)23)5-4-14-12-15(22)8-11-21(14,18)13-2-3-13/h13-14,16-18H,2-12H2,1H3/t14-,16+,17+,18?,20+,21-/m1/s1. The van der Waals surface area contributed by atoms with E-state index in [1.54, 1.807) is 0 Å². The highest BCUT2D eigenvalue weighted by Gasteiger charge is 2.64. The van der Waals surface area contributed by atoms with Gasteiger partial charge in [0.15, 0.2) is 0 Å². The van der Waals surface area contributed by atoms with E-state index >= 15 is 0 Å². The van der Waals surface area contributed by atoms with E-state index in [0.717, 1.165) is 49.9 Å². The highest BCUT2D eigenvalue weighted by atomic mass is 16.1. The highest BCUT2D eigenvalue weighted by Crippen LogP contribution is 2.70. The third-order valence-corrected chi connectivity index (χ3v) is 9.09. The number of ketones is 2. The third-order valence-electron chi connectivity index (χ3n) is 9.09. The average Bonchev–Trinajstić information content (AvgIpc) is 3.34. The van der Waals surface area contributed by atoms with E-state index in [1.807, 2.05) is 0 Å². The summed E-state index contributed by atoms with van der Waals surface area (Å²) in [7, 11) is 0. The summed E-state index contributed by atoms with van der Waals surface area (Å²) in [5, 5.41) is 0. The molecule has 1 unspecified atom stereocenters. The summed E-state index contributed by atoms with van der Waals surface area (Å²) in [6.07, 6.45) is 12.7. The quantitative estimate of drug-likeness (QED) is 0.711. The lowest BCUT2D eigenvalue weighted by Crippen LogP contribution is -2.55. The van der Waals surface area contributed by atoms with Gasteiger partial charge in [-0.05, 0) is 86.4 Å². The molecule has 0 aromatic heterocycles. The van der Waals surface area contributed by atoms with Crippen molar-refractivity contribution in [3.8, 4) is 0 Å². The Bertz CT molecular complexity index is 562. The molecule has 5 saturated carbocycles. The van der Waals surface area contributed by atoms with Crippen LogP contribution in [0, 0.1) is 40.4 Å². The van der Waals surface area contributed by atoms with Gasteiger partial charge in [0.2, 0.25) is 0 Å². The van der Waals surface area contributed by atoms with Crippen LogP contribution in [0.25, 0.3) is 0 Å². The van der Waals surface area contributed by atoms with Crippen LogP contribution < -0.4 is 0 Å². The van der Waals surface area contributed by atoms with Gasteiger partial charge in [0.25, 0.3) is 0 Å². The molecule has 0 saturated heterocycles. The monoisotopic (exact) mass is 314 g/mol. The molecule has 0 N–H and O–H groups in total. The van der Waals surface area contributed by atoms with Crippen molar-refractivity contribution in [1.29, 1.82) is 0 Å². The molecule has 126 valence electrons. The van der Waals surface area contributed by atoms with Crippen molar-refractivity contribution in [3.05, 3.63) is 0 Å². The molecule has 5 aliphatic rings. The summed E-state index contributed by atoms with van der Waals surface area (Å²) in [5.74, 6) is 4.94. The van der Waals surface area contributed by atoms with Crippen molar-refractivity contribution >= 4 is 11.6 Å². The molecule has 5 aliphatic carbocycles. The number of carbonyl (C=O) groups excluding carboxylic acids is 2. The van der Waals surface area contributed by atoms with Crippen LogP contribution in [0.1, 0.15) is 77.6 Å². The maximum Gasteiger partial charge on any atom is 0.139 e. The molecule has 0 radical (unpaired) electrons. The van der Waals surface area contributed by atoms with Gasteiger partial charge >= 0.3 is 0 Å². The predicted octanol–water partition coefficient (Wildman–Crippen LogP) is 4.56. The van der Waals surface area contributed by atoms with Gasteiger partial charge in [0.05, 0.1) is 0 Å². The van der Waals surface area contributed by atoms with Gasteiger partial charge in [-0.3, -0.25) is 9.59 Å². The van der Waals surface area contributed by atoms with Crippen LogP contribution in [-0.4, -0.2) is 11.6 Å².